The van der Waals surface area contributed by atoms with E-state index in [-0.39, 0.29) is 51.8 Å². The van der Waals surface area contributed by atoms with Crippen molar-refractivity contribution in [3.05, 3.63) is 41.1 Å². The Kier molecular flexibility index (Phi) is 5.98. The number of carboxylic acid groups (broad SMARTS) is 1. The number of benzene rings is 1. The standard InChI is InChI=1S/C16H15N3O7S/c1-9-15(23)13(8-20)12(6-7-14(21)22)16(17-9)19-18-10-2-4-11(5-3-10)27(24,25)26/h2-5,8,23H,6-7H2,1H3,(H,21,22)(H,24,25,26). The van der Waals surface area contributed by atoms with Crippen LogP contribution in [0.5, 0.6) is 5.75 Å². The second kappa shape index (κ2) is 8.01. The molecule has 10 nitrogen and oxygen atoms in total. The molecular weight excluding hydrogens is 378 g/mol. The third-order valence-electron chi connectivity index (χ3n) is 3.57. The Morgan fingerprint density at radius 2 is 1.85 bits per heavy atom. The number of pyridine rings is 1. The number of rotatable bonds is 7. The number of carbonyl (C=O) groups excluding carboxylic acids is 1. The average Bonchev–Trinajstić information content (AvgIpc) is 2.60. The molecule has 0 amide bonds. The first kappa shape index (κ1) is 20.1. The molecule has 0 fully saturated rings. The predicted molar refractivity (Wildman–Crippen MR) is 92.4 cm³/mol. The molecule has 0 aliphatic carbocycles. The van der Waals surface area contributed by atoms with Crippen LogP contribution in [0, 0.1) is 6.92 Å². The van der Waals surface area contributed by atoms with Gasteiger partial charge in [0, 0.05) is 12.0 Å². The minimum absolute atomic E-state index is 0.0347. The number of carboxylic acids is 1. The van der Waals surface area contributed by atoms with Crippen molar-refractivity contribution in [1.82, 2.24) is 4.98 Å². The SMILES string of the molecule is Cc1nc(N=Nc2ccc(S(=O)(=O)O)cc2)c(CCC(=O)O)c(C=O)c1O. The minimum atomic E-state index is -4.34. The number of aromatic nitrogens is 1. The van der Waals surface area contributed by atoms with E-state index in [0.29, 0.717) is 6.29 Å². The first-order valence-corrected chi connectivity index (χ1v) is 8.96. The summed E-state index contributed by atoms with van der Waals surface area (Å²) in [7, 11) is -4.34. The molecule has 0 aliphatic rings. The molecule has 2 rings (SSSR count). The number of hydrogen-bond donors (Lipinski definition) is 3. The molecule has 1 aromatic carbocycles. The van der Waals surface area contributed by atoms with Crippen molar-refractivity contribution in [2.75, 3.05) is 0 Å². The summed E-state index contributed by atoms with van der Waals surface area (Å²) in [6, 6.07) is 4.83. The number of azo groups is 1. The summed E-state index contributed by atoms with van der Waals surface area (Å²) in [5.41, 5.74) is 0.367. The fraction of sp³-hybridized carbons (Fsp3) is 0.188. The van der Waals surface area contributed by atoms with Gasteiger partial charge in [-0.05, 0) is 37.6 Å². The van der Waals surface area contributed by atoms with Gasteiger partial charge in [0.15, 0.2) is 12.1 Å². The summed E-state index contributed by atoms with van der Waals surface area (Å²) in [6.07, 6.45) is -0.0159. The smallest absolute Gasteiger partial charge is 0.303 e. The molecule has 1 aromatic heterocycles. The molecule has 1 heterocycles. The molecule has 2 aromatic rings. The number of hydrogen-bond acceptors (Lipinski definition) is 8. The number of aryl methyl sites for hydroxylation is 1. The van der Waals surface area contributed by atoms with E-state index in [2.05, 4.69) is 15.2 Å². The average molecular weight is 393 g/mol. The van der Waals surface area contributed by atoms with Gasteiger partial charge in [0.25, 0.3) is 10.1 Å². The van der Waals surface area contributed by atoms with Crippen LogP contribution in [0.2, 0.25) is 0 Å². The maximum absolute atomic E-state index is 11.3. The minimum Gasteiger partial charge on any atom is -0.505 e. The second-order valence-electron chi connectivity index (χ2n) is 5.44. The van der Waals surface area contributed by atoms with Crippen molar-refractivity contribution >= 4 is 33.9 Å². The topological polar surface area (TPSA) is 167 Å². The van der Waals surface area contributed by atoms with Gasteiger partial charge >= 0.3 is 5.97 Å². The lowest BCUT2D eigenvalue weighted by atomic mass is 10.0. The lowest BCUT2D eigenvalue weighted by molar-refractivity contribution is -0.136. The van der Waals surface area contributed by atoms with Crippen LogP contribution in [0.3, 0.4) is 0 Å². The van der Waals surface area contributed by atoms with E-state index in [1.807, 2.05) is 0 Å². The van der Waals surface area contributed by atoms with E-state index < -0.39 is 16.1 Å². The van der Waals surface area contributed by atoms with Crippen molar-refractivity contribution in [1.29, 1.82) is 0 Å². The van der Waals surface area contributed by atoms with E-state index in [4.69, 9.17) is 9.66 Å². The molecule has 0 bridgehead atoms. The second-order valence-corrected chi connectivity index (χ2v) is 6.86. The molecule has 142 valence electrons. The van der Waals surface area contributed by atoms with Crippen molar-refractivity contribution < 1.29 is 32.8 Å². The molecule has 0 radical (unpaired) electrons. The monoisotopic (exact) mass is 393 g/mol. The van der Waals surface area contributed by atoms with E-state index in [0.717, 1.165) is 12.1 Å². The van der Waals surface area contributed by atoms with Gasteiger partial charge in [-0.2, -0.15) is 8.42 Å². The third kappa shape index (κ3) is 4.92. The molecule has 0 unspecified atom stereocenters. The maximum Gasteiger partial charge on any atom is 0.303 e. The highest BCUT2D eigenvalue weighted by molar-refractivity contribution is 7.85. The fourth-order valence-corrected chi connectivity index (χ4v) is 2.70. The number of aldehydes is 1. The van der Waals surface area contributed by atoms with Crippen molar-refractivity contribution in [3.63, 3.8) is 0 Å². The molecule has 0 saturated heterocycles. The summed E-state index contributed by atoms with van der Waals surface area (Å²) in [4.78, 5) is 25.9. The molecule has 0 saturated carbocycles. The Labute approximate surface area is 154 Å². The highest BCUT2D eigenvalue weighted by Gasteiger charge is 2.18. The van der Waals surface area contributed by atoms with Crippen LogP contribution in [-0.4, -0.2) is 40.4 Å². The summed E-state index contributed by atoms with van der Waals surface area (Å²) in [6.45, 7) is 1.45. The summed E-state index contributed by atoms with van der Waals surface area (Å²) in [5.74, 6) is -1.50. The van der Waals surface area contributed by atoms with Gasteiger partial charge in [-0.15, -0.1) is 10.2 Å². The zero-order valence-corrected chi connectivity index (χ0v) is 14.8. The van der Waals surface area contributed by atoms with Crippen molar-refractivity contribution in [3.8, 4) is 5.75 Å². The normalized spacial score (nSPS) is 11.6. The number of aromatic hydroxyl groups is 1. The lowest BCUT2D eigenvalue weighted by Crippen LogP contribution is -2.03. The van der Waals surface area contributed by atoms with Crippen LogP contribution in [-0.2, 0) is 21.3 Å². The van der Waals surface area contributed by atoms with Crippen LogP contribution in [0.4, 0.5) is 11.5 Å². The lowest BCUT2D eigenvalue weighted by Gasteiger charge is -2.10. The van der Waals surface area contributed by atoms with E-state index in [1.54, 1.807) is 0 Å². The Morgan fingerprint density at radius 3 is 2.37 bits per heavy atom. The molecular formula is C16H15N3O7S. The molecule has 11 heteroatoms. The predicted octanol–water partition coefficient (Wildman–Crippen LogP) is 2.59. The maximum atomic E-state index is 11.3. The molecule has 27 heavy (non-hydrogen) atoms. The van der Waals surface area contributed by atoms with Gasteiger partial charge in [-0.3, -0.25) is 14.1 Å². The summed E-state index contributed by atoms with van der Waals surface area (Å²) >= 11 is 0. The number of aliphatic carboxylic acids is 1. The molecule has 3 N–H and O–H groups in total. The van der Waals surface area contributed by atoms with Gasteiger partial charge in [0.2, 0.25) is 0 Å². The fourth-order valence-electron chi connectivity index (χ4n) is 2.22. The van der Waals surface area contributed by atoms with Gasteiger partial charge in [0.1, 0.15) is 5.75 Å². The number of carbonyl (C=O) groups is 2. The zero-order chi connectivity index (χ0) is 20.2. The highest BCUT2D eigenvalue weighted by atomic mass is 32.2. The number of nitrogens with zero attached hydrogens (tertiary/aromatic N) is 3. The van der Waals surface area contributed by atoms with Gasteiger partial charge < -0.3 is 10.2 Å². The summed E-state index contributed by atoms with van der Waals surface area (Å²) in [5, 5.41) is 26.6. The van der Waals surface area contributed by atoms with E-state index >= 15 is 0 Å². The van der Waals surface area contributed by atoms with Crippen LogP contribution in [0.15, 0.2) is 39.4 Å². The molecule has 0 spiro atoms. The van der Waals surface area contributed by atoms with Gasteiger partial charge in [0.05, 0.1) is 21.8 Å². The Balaban J connectivity index is 2.44. The van der Waals surface area contributed by atoms with Crippen LogP contribution in [0.25, 0.3) is 0 Å². The quantitative estimate of drug-likeness (QED) is 0.366. The van der Waals surface area contributed by atoms with Gasteiger partial charge in [-0.1, -0.05) is 0 Å². The first-order chi connectivity index (χ1) is 12.6. The van der Waals surface area contributed by atoms with E-state index in [1.165, 1.54) is 19.1 Å². The highest BCUT2D eigenvalue weighted by Crippen LogP contribution is 2.31. The molecule has 0 aliphatic heterocycles. The van der Waals surface area contributed by atoms with Crippen molar-refractivity contribution in [2.45, 2.75) is 24.7 Å². The summed E-state index contributed by atoms with van der Waals surface area (Å²) < 4.78 is 31.0. The Hall–Kier alpha value is -3.18. The largest absolute Gasteiger partial charge is 0.505 e. The van der Waals surface area contributed by atoms with Crippen molar-refractivity contribution in [2.24, 2.45) is 10.2 Å². The van der Waals surface area contributed by atoms with Crippen LogP contribution >= 0.6 is 0 Å². The van der Waals surface area contributed by atoms with Crippen LogP contribution < -0.4 is 0 Å². The first-order valence-electron chi connectivity index (χ1n) is 7.52. The van der Waals surface area contributed by atoms with Crippen LogP contribution in [0.1, 0.15) is 28.0 Å². The van der Waals surface area contributed by atoms with E-state index in [9.17, 15) is 23.1 Å². The Morgan fingerprint density at radius 1 is 1.22 bits per heavy atom. The zero-order valence-electron chi connectivity index (χ0n) is 14.0. The molecule has 0 atom stereocenters. The van der Waals surface area contributed by atoms with Gasteiger partial charge in [-0.25, -0.2) is 4.98 Å². The Bertz CT molecular complexity index is 1020. The third-order valence-corrected chi connectivity index (χ3v) is 4.44.